The van der Waals surface area contributed by atoms with Crippen LogP contribution in [0.15, 0.2) is 27.8 Å². The predicted molar refractivity (Wildman–Crippen MR) is 80.0 cm³/mol. The fourth-order valence-corrected chi connectivity index (χ4v) is 6.25. The number of aliphatic hydroxyl groups excluding tert-OH is 1. The molecule has 1 atom stereocenters. The monoisotopic (exact) mass is 398 g/mol. The highest BCUT2D eigenvalue weighted by atomic mass is 79.9. The topological polar surface area (TPSA) is 105 Å². The minimum absolute atomic E-state index is 0.0328. The third-order valence-corrected chi connectivity index (χ3v) is 7.32. The lowest BCUT2D eigenvalue weighted by Gasteiger charge is -2.26. The summed E-state index contributed by atoms with van der Waals surface area (Å²) in [5, 5.41) is 9.11. The molecule has 118 valence electrons. The number of halogens is 1. The number of rotatable bonds is 5. The van der Waals surface area contributed by atoms with E-state index in [0.717, 1.165) is 4.31 Å². The van der Waals surface area contributed by atoms with Gasteiger partial charge < -0.3 is 5.11 Å². The van der Waals surface area contributed by atoms with Crippen molar-refractivity contribution in [1.29, 1.82) is 0 Å². The molecule has 1 aromatic rings. The van der Waals surface area contributed by atoms with E-state index in [1.54, 1.807) is 0 Å². The summed E-state index contributed by atoms with van der Waals surface area (Å²) in [6.07, 6.45) is 2.90. The van der Waals surface area contributed by atoms with Gasteiger partial charge in [0.05, 0.1) is 18.1 Å². The molecule has 1 aliphatic heterocycles. The number of hydrogen-bond donors (Lipinski definition) is 1. The van der Waals surface area contributed by atoms with Gasteiger partial charge in [0, 0.05) is 29.5 Å². The number of sulfonamides is 1. The zero-order chi connectivity index (χ0) is 15.7. The van der Waals surface area contributed by atoms with E-state index in [4.69, 9.17) is 5.11 Å². The molecule has 0 radical (unpaired) electrons. The predicted octanol–water partition coefficient (Wildman–Crippen LogP) is 0.0142. The smallest absolute Gasteiger partial charge is 0.245 e. The van der Waals surface area contributed by atoms with Crippen LogP contribution in [0, 0.1) is 0 Å². The van der Waals surface area contributed by atoms with Crippen molar-refractivity contribution in [1.82, 2.24) is 9.29 Å². The van der Waals surface area contributed by atoms with Gasteiger partial charge in [-0.3, -0.25) is 4.98 Å². The molecule has 0 bridgehead atoms. The molecular formula is C11H15BrN2O5S2. The highest BCUT2D eigenvalue weighted by molar-refractivity contribution is 9.10. The van der Waals surface area contributed by atoms with Crippen molar-refractivity contribution < 1.29 is 21.9 Å². The summed E-state index contributed by atoms with van der Waals surface area (Å²) in [6.45, 7) is -0.522. The molecule has 2 rings (SSSR count). The molecule has 1 aromatic heterocycles. The molecule has 0 aromatic carbocycles. The van der Waals surface area contributed by atoms with Gasteiger partial charge in [0.25, 0.3) is 0 Å². The molecule has 1 aliphatic rings. The summed E-state index contributed by atoms with van der Waals surface area (Å²) >= 11 is 3.15. The van der Waals surface area contributed by atoms with E-state index in [-0.39, 0.29) is 36.0 Å². The lowest BCUT2D eigenvalue weighted by Crippen LogP contribution is -2.42. The zero-order valence-corrected chi connectivity index (χ0v) is 14.2. The maximum absolute atomic E-state index is 12.6. The Bertz CT molecular complexity index is 720. The second kappa shape index (κ2) is 6.29. The SMILES string of the molecule is O=S1(=O)CCC(N(CCO)S(=O)(=O)c2cncc(Br)c2)C1. The third kappa shape index (κ3) is 3.81. The molecular weight excluding hydrogens is 384 g/mol. The Hall–Kier alpha value is -0.550. The summed E-state index contributed by atoms with van der Waals surface area (Å²) < 4.78 is 50.0. The minimum atomic E-state index is -3.90. The van der Waals surface area contributed by atoms with Crippen LogP contribution in [-0.2, 0) is 19.9 Å². The zero-order valence-electron chi connectivity index (χ0n) is 11.0. The van der Waals surface area contributed by atoms with Gasteiger partial charge in [-0.15, -0.1) is 0 Å². The van der Waals surface area contributed by atoms with E-state index in [2.05, 4.69) is 20.9 Å². The van der Waals surface area contributed by atoms with Crippen molar-refractivity contribution in [3.05, 3.63) is 22.9 Å². The fourth-order valence-electron chi connectivity index (χ4n) is 2.27. The second-order valence-electron chi connectivity index (χ2n) is 4.74. The number of nitrogens with zero attached hydrogens (tertiary/aromatic N) is 2. The summed E-state index contributed by atoms with van der Waals surface area (Å²) in [5.74, 6) is -0.250. The first kappa shape index (κ1) is 16.8. The average Bonchev–Trinajstić information content (AvgIpc) is 2.75. The molecule has 0 saturated carbocycles. The average molecular weight is 399 g/mol. The molecule has 1 N–H and O–H groups in total. The van der Waals surface area contributed by atoms with Crippen LogP contribution >= 0.6 is 15.9 Å². The van der Waals surface area contributed by atoms with Crippen molar-refractivity contribution in [3.63, 3.8) is 0 Å². The molecule has 0 spiro atoms. The number of aliphatic hydroxyl groups is 1. The van der Waals surface area contributed by atoms with E-state index in [9.17, 15) is 16.8 Å². The normalized spacial score (nSPS) is 21.8. The van der Waals surface area contributed by atoms with Crippen LogP contribution < -0.4 is 0 Å². The summed E-state index contributed by atoms with van der Waals surface area (Å²) in [7, 11) is -7.12. The summed E-state index contributed by atoms with van der Waals surface area (Å²) in [4.78, 5) is 3.78. The Kier molecular flexibility index (Phi) is 5.03. The van der Waals surface area contributed by atoms with Gasteiger partial charge in [0.2, 0.25) is 10.0 Å². The van der Waals surface area contributed by atoms with E-state index < -0.39 is 25.9 Å². The first-order chi connectivity index (χ1) is 9.76. The van der Waals surface area contributed by atoms with Crippen molar-refractivity contribution in [2.24, 2.45) is 0 Å². The number of sulfone groups is 1. The number of pyridine rings is 1. The first-order valence-corrected chi connectivity index (χ1v) is 10.3. The van der Waals surface area contributed by atoms with Crippen LogP contribution in [-0.4, -0.2) is 61.9 Å². The maximum Gasteiger partial charge on any atom is 0.245 e. The molecule has 1 unspecified atom stereocenters. The Labute approximate surface area is 132 Å². The Balaban J connectivity index is 2.37. The second-order valence-corrected chi connectivity index (χ2v) is 9.77. The number of hydrogen-bond acceptors (Lipinski definition) is 6. The minimum Gasteiger partial charge on any atom is -0.395 e. The van der Waals surface area contributed by atoms with E-state index in [1.807, 2.05) is 0 Å². The van der Waals surface area contributed by atoms with Gasteiger partial charge in [-0.05, 0) is 28.4 Å². The van der Waals surface area contributed by atoms with Crippen molar-refractivity contribution in [2.75, 3.05) is 24.7 Å². The molecule has 1 fully saturated rings. The van der Waals surface area contributed by atoms with Crippen molar-refractivity contribution >= 4 is 35.8 Å². The van der Waals surface area contributed by atoms with Crippen LogP contribution in [0.25, 0.3) is 0 Å². The van der Waals surface area contributed by atoms with E-state index >= 15 is 0 Å². The molecule has 1 saturated heterocycles. The van der Waals surface area contributed by atoms with Gasteiger partial charge in [-0.2, -0.15) is 4.31 Å². The van der Waals surface area contributed by atoms with Gasteiger partial charge in [-0.1, -0.05) is 0 Å². The Morgan fingerprint density at radius 3 is 2.67 bits per heavy atom. The van der Waals surface area contributed by atoms with Crippen LogP contribution in [0.2, 0.25) is 0 Å². The molecule has 2 heterocycles. The van der Waals surface area contributed by atoms with Gasteiger partial charge in [0.1, 0.15) is 4.90 Å². The standard InChI is InChI=1S/C11H15BrN2O5S2/c12-9-5-11(7-13-6-9)21(18,19)14(2-3-15)10-1-4-20(16,17)8-10/h5-7,10,15H,1-4,8H2. The number of aromatic nitrogens is 1. The molecule has 21 heavy (non-hydrogen) atoms. The van der Waals surface area contributed by atoms with Crippen LogP contribution in [0.1, 0.15) is 6.42 Å². The molecule has 10 heteroatoms. The lowest BCUT2D eigenvalue weighted by atomic mass is 10.3. The van der Waals surface area contributed by atoms with E-state index in [0.29, 0.717) is 4.47 Å². The highest BCUT2D eigenvalue weighted by Gasteiger charge is 2.38. The largest absolute Gasteiger partial charge is 0.395 e. The van der Waals surface area contributed by atoms with Gasteiger partial charge in [0.15, 0.2) is 9.84 Å². The maximum atomic E-state index is 12.6. The fraction of sp³-hybridized carbons (Fsp3) is 0.545. The molecule has 0 amide bonds. The first-order valence-electron chi connectivity index (χ1n) is 6.20. The van der Waals surface area contributed by atoms with E-state index in [1.165, 1.54) is 18.5 Å². The van der Waals surface area contributed by atoms with Gasteiger partial charge in [-0.25, -0.2) is 16.8 Å². The van der Waals surface area contributed by atoms with Gasteiger partial charge >= 0.3 is 0 Å². The highest BCUT2D eigenvalue weighted by Crippen LogP contribution is 2.25. The van der Waals surface area contributed by atoms with Crippen molar-refractivity contribution in [2.45, 2.75) is 17.4 Å². The van der Waals surface area contributed by atoms with Crippen LogP contribution in [0.4, 0.5) is 0 Å². The van der Waals surface area contributed by atoms with Crippen LogP contribution in [0.5, 0.6) is 0 Å². The summed E-state index contributed by atoms with van der Waals surface area (Å²) in [5.41, 5.74) is 0. The van der Waals surface area contributed by atoms with Crippen LogP contribution in [0.3, 0.4) is 0 Å². The molecule has 0 aliphatic carbocycles. The summed E-state index contributed by atoms with van der Waals surface area (Å²) in [6, 6.07) is 0.752. The van der Waals surface area contributed by atoms with Crippen molar-refractivity contribution in [3.8, 4) is 0 Å². The quantitative estimate of drug-likeness (QED) is 0.748. The lowest BCUT2D eigenvalue weighted by molar-refractivity contribution is 0.232. The Morgan fingerprint density at radius 2 is 2.14 bits per heavy atom. The third-order valence-electron chi connectivity index (χ3n) is 3.22. The molecule has 7 nitrogen and oxygen atoms in total. The Morgan fingerprint density at radius 1 is 1.43 bits per heavy atom.